The van der Waals surface area contributed by atoms with Crippen LogP contribution in [0.25, 0.3) is 10.8 Å². The van der Waals surface area contributed by atoms with Crippen molar-refractivity contribution in [1.29, 1.82) is 0 Å². The summed E-state index contributed by atoms with van der Waals surface area (Å²) in [4.78, 5) is 12.0. The molecule has 3 heteroatoms. The van der Waals surface area contributed by atoms with E-state index in [1.54, 1.807) is 0 Å². The maximum Gasteiger partial charge on any atom is 0.311 e. The highest BCUT2D eigenvalue weighted by Gasteiger charge is 2.23. The first-order valence-electron chi connectivity index (χ1n) is 8.51. The molecule has 0 spiro atoms. The summed E-state index contributed by atoms with van der Waals surface area (Å²) >= 11 is 0. The summed E-state index contributed by atoms with van der Waals surface area (Å²) in [5.41, 5.74) is 1.75. The van der Waals surface area contributed by atoms with Gasteiger partial charge in [-0.1, -0.05) is 60.7 Å². The lowest BCUT2D eigenvalue weighted by atomic mass is 9.88. The summed E-state index contributed by atoms with van der Waals surface area (Å²) in [5.74, 6) is -0.692. The van der Waals surface area contributed by atoms with Gasteiger partial charge in [0.25, 0.3) is 0 Å². The topological polar surface area (TPSA) is 46.5 Å². The van der Waals surface area contributed by atoms with Crippen molar-refractivity contribution in [3.8, 4) is 5.75 Å². The first-order chi connectivity index (χ1) is 12.1. The quantitative estimate of drug-likeness (QED) is 0.687. The predicted molar refractivity (Wildman–Crippen MR) is 100 cm³/mol. The normalized spacial score (nSPS) is 12.3. The molecule has 1 unspecified atom stereocenters. The standard InChI is InChI=1S/C22H22O3/c1-15(2)25-21-13-6-4-9-17(21)14-20(22(23)24)19-12-7-10-16-8-3-5-11-18(16)19/h3-13,15,20H,14H2,1-2H3,(H,23,24). The monoisotopic (exact) mass is 334 g/mol. The lowest BCUT2D eigenvalue weighted by Gasteiger charge is -2.19. The molecule has 0 aliphatic heterocycles. The second-order valence-electron chi connectivity index (χ2n) is 6.44. The van der Waals surface area contributed by atoms with Crippen LogP contribution in [0.3, 0.4) is 0 Å². The highest BCUT2D eigenvalue weighted by Crippen LogP contribution is 2.31. The van der Waals surface area contributed by atoms with Crippen LogP contribution in [0.4, 0.5) is 0 Å². The molecule has 0 heterocycles. The van der Waals surface area contributed by atoms with Gasteiger partial charge in [-0.2, -0.15) is 0 Å². The Balaban J connectivity index is 2.02. The van der Waals surface area contributed by atoms with Crippen molar-refractivity contribution in [3.05, 3.63) is 77.9 Å². The van der Waals surface area contributed by atoms with Crippen molar-refractivity contribution in [2.75, 3.05) is 0 Å². The molecule has 3 rings (SSSR count). The minimum absolute atomic E-state index is 0.0435. The van der Waals surface area contributed by atoms with E-state index in [-0.39, 0.29) is 6.10 Å². The molecule has 0 fully saturated rings. The zero-order chi connectivity index (χ0) is 17.8. The Hall–Kier alpha value is -2.81. The Kier molecular flexibility index (Phi) is 5.03. The van der Waals surface area contributed by atoms with Gasteiger partial charge < -0.3 is 9.84 Å². The fourth-order valence-corrected chi connectivity index (χ4v) is 3.15. The Morgan fingerprint density at radius 1 is 0.960 bits per heavy atom. The van der Waals surface area contributed by atoms with Gasteiger partial charge in [-0.05, 0) is 48.2 Å². The highest BCUT2D eigenvalue weighted by molar-refractivity contribution is 5.90. The number of fused-ring (bicyclic) bond motifs is 1. The molecule has 0 bridgehead atoms. The smallest absolute Gasteiger partial charge is 0.311 e. The molecule has 0 saturated heterocycles. The summed E-state index contributed by atoms with van der Waals surface area (Å²) < 4.78 is 5.86. The number of ether oxygens (including phenoxy) is 1. The summed E-state index contributed by atoms with van der Waals surface area (Å²) in [6.45, 7) is 3.94. The molecule has 25 heavy (non-hydrogen) atoms. The van der Waals surface area contributed by atoms with Crippen LogP contribution in [0.5, 0.6) is 5.75 Å². The summed E-state index contributed by atoms with van der Waals surface area (Å²) in [6, 6.07) is 21.4. The Labute approximate surface area is 147 Å². The molecule has 0 saturated carbocycles. The van der Waals surface area contributed by atoms with E-state index in [0.29, 0.717) is 6.42 Å². The van der Waals surface area contributed by atoms with Crippen LogP contribution < -0.4 is 4.74 Å². The van der Waals surface area contributed by atoms with Crippen molar-refractivity contribution in [1.82, 2.24) is 0 Å². The van der Waals surface area contributed by atoms with Crippen LogP contribution in [0.2, 0.25) is 0 Å². The number of hydrogen-bond donors (Lipinski definition) is 1. The van der Waals surface area contributed by atoms with E-state index in [1.165, 1.54) is 0 Å². The third kappa shape index (κ3) is 3.82. The average molecular weight is 334 g/mol. The number of carboxylic acids is 1. The van der Waals surface area contributed by atoms with E-state index in [2.05, 4.69) is 0 Å². The van der Waals surface area contributed by atoms with Gasteiger partial charge in [0, 0.05) is 0 Å². The lowest BCUT2D eigenvalue weighted by Crippen LogP contribution is -2.16. The largest absolute Gasteiger partial charge is 0.491 e. The molecule has 3 aromatic carbocycles. The van der Waals surface area contributed by atoms with E-state index in [4.69, 9.17) is 4.74 Å². The Morgan fingerprint density at radius 2 is 1.64 bits per heavy atom. The van der Waals surface area contributed by atoms with Gasteiger partial charge in [-0.25, -0.2) is 0 Å². The van der Waals surface area contributed by atoms with E-state index in [9.17, 15) is 9.90 Å². The molecule has 0 radical (unpaired) electrons. The Bertz CT molecular complexity index is 878. The molecule has 1 N–H and O–H groups in total. The first kappa shape index (κ1) is 17.0. The lowest BCUT2D eigenvalue weighted by molar-refractivity contribution is -0.138. The van der Waals surface area contributed by atoms with Crippen molar-refractivity contribution < 1.29 is 14.6 Å². The van der Waals surface area contributed by atoms with E-state index in [0.717, 1.165) is 27.6 Å². The number of hydrogen-bond acceptors (Lipinski definition) is 2. The van der Waals surface area contributed by atoms with Crippen molar-refractivity contribution in [2.45, 2.75) is 32.3 Å². The molecule has 0 aliphatic carbocycles. The predicted octanol–water partition coefficient (Wildman–Crippen LogP) is 5.04. The number of benzene rings is 3. The number of rotatable bonds is 6. The number of aliphatic carboxylic acids is 1. The Morgan fingerprint density at radius 3 is 2.40 bits per heavy atom. The second kappa shape index (κ2) is 7.39. The van der Waals surface area contributed by atoms with Crippen molar-refractivity contribution in [2.24, 2.45) is 0 Å². The fourth-order valence-electron chi connectivity index (χ4n) is 3.15. The van der Waals surface area contributed by atoms with Gasteiger partial charge >= 0.3 is 5.97 Å². The minimum Gasteiger partial charge on any atom is -0.491 e. The molecular weight excluding hydrogens is 312 g/mol. The average Bonchev–Trinajstić information content (AvgIpc) is 2.60. The molecule has 0 amide bonds. The minimum atomic E-state index is -0.823. The van der Waals surface area contributed by atoms with Crippen LogP contribution in [0.1, 0.15) is 30.9 Å². The molecule has 3 aromatic rings. The van der Waals surface area contributed by atoms with Gasteiger partial charge in [0.1, 0.15) is 5.75 Å². The molecule has 0 aromatic heterocycles. The molecule has 128 valence electrons. The van der Waals surface area contributed by atoms with Crippen molar-refractivity contribution in [3.63, 3.8) is 0 Å². The van der Waals surface area contributed by atoms with E-state index >= 15 is 0 Å². The zero-order valence-electron chi connectivity index (χ0n) is 14.5. The van der Waals surface area contributed by atoms with Crippen molar-refractivity contribution >= 4 is 16.7 Å². The van der Waals surface area contributed by atoms with Gasteiger partial charge in [-0.15, -0.1) is 0 Å². The van der Waals surface area contributed by atoms with Gasteiger partial charge in [0.05, 0.1) is 12.0 Å². The van der Waals surface area contributed by atoms with E-state index in [1.807, 2.05) is 80.6 Å². The van der Waals surface area contributed by atoms with Gasteiger partial charge in [-0.3, -0.25) is 4.79 Å². The van der Waals surface area contributed by atoms with Crippen LogP contribution in [-0.2, 0) is 11.2 Å². The van der Waals surface area contributed by atoms with E-state index < -0.39 is 11.9 Å². The third-order valence-corrected chi connectivity index (χ3v) is 4.26. The summed E-state index contributed by atoms with van der Waals surface area (Å²) in [5, 5.41) is 11.9. The SMILES string of the molecule is CC(C)Oc1ccccc1CC(C(=O)O)c1cccc2ccccc12. The van der Waals surface area contributed by atoms with Crippen LogP contribution >= 0.6 is 0 Å². The molecule has 1 atom stereocenters. The zero-order valence-corrected chi connectivity index (χ0v) is 14.5. The van der Waals surface area contributed by atoms with Gasteiger partial charge in [0.2, 0.25) is 0 Å². The number of para-hydroxylation sites is 1. The summed E-state index contributed by atoms with van der Waals surface area (Å²) in [7, 11) is 0. The highest BCUT2D eigenvalue weighted by atomic mass is 16.5. The summed E-state index contributed by atoms with van der Waals surface area (Å²) in [6.07, 6.45) is 0.439. The van der Waals surface area contributed by atoms with Crippen LogP contribution in [0.15, 0.2) is 66.7 Å². The second-order valence-corrected chi connectivity index (χ2v) is 6.44. The van der Waals surface area contributed by atoms with Crippen LogP contribution in [-0.4, -0.2) is 17.2 Å². The molecule has 3 nitrogen and oxygen atoms in total. The molecule has 0 aliphatic rings. The third-order valence-electron chi connectivity index (χ3n) is 4.26. The first-order valence-corrected chi connectivity index (χ1v) is 8.51. The number of carboxylic acid groups (broad SMARTS) is 1. The van der Waals surface area contributed by atoms with Crippen LogP contribution in [0, 0.1) is 0 Å². The fraction of sp³-hybridized carbons (Fsp3) is 0.227. The number of carbonyl (C=O) groups is 1. The maximum absolute atomic E-state index is 12.0. The van der Waals surface area contributed by atoms with Gasteiger partial charge in [0.15, 0.2) is 0 Å². The molecular formula is C22H22O3. The maximum atomic E-state index is 12.0.